The van der Waals surface area contributed by atoms with Crippen molar-refractivity contribution in [2.24, 2.45) is 14.1 Å². The Bertz CT molecular complexity index is 2180. The van der Waals surface area contributed by atoms with Crippen molar-refractivity contribution in [1.82, 2.24) is 24.1 Å². The largest absolute Gasteiger partial charge is 0.508 e. The van der Waals surface area contributed by atoms with Crippen LogP contribution in [0.1, 0.15) is 44.0 Å². The van der Waals surface area contributed by atoms with Gasteiger partial charge in [-0.2, -0.15) is 5.10 Å². The highest BCUT2D eigenvalue weighted by Crippen LogP contribution is 2.43. The number of morpholine rings is 1. The number of alkyl halides is 2. The standard InChI is InChI=1S/C39H38F2N6O6/c1-43-21-28(19-42-43)47(26-7-9-29(48)10-8-26)39(50)32-16-33(44(2)36(32)37(40)41)30-17-34-35(53-23-52-34)18-31(30)38(49)46-20-25-6-4-3-5-24(25)15-27(46)22-45-11-13-51-14-12-45/h3-10,16-19,21,27,37,48H,11-15,20,22-23H2,1-2H3/t27-/m0/s1. The molecule has 5 heterocycles. The molecule has 0 aliphatic carbocycles. The van der Waals surface area contributed by atoms with Crippen molar-refractivity contribution in [3.05, 3.63) is 107 Å². The summed E-state index contributed by atoms with van der Waals surface area (Å²) in [6.45, 7) is 3.70. The van der Waals surface area contributed by atoms with E-state index in [1.807, 2.05) is 23.1 Å². The SMILES string of the molecule is Cn1cc(N(C(=O)c2cc(-c3cc4c(cc3C(=O)N3Cc5ccccc5C[C@H]3CN3CCOCC3)OCO4)n(C)c2C(F)F)c2ccc(O)cc2)cn1. The van der Waals surface area contributed by atoms with Crippen molar-refractivity contribution >= 4 is 23.2 Å². The van der Waals surface area contributed by atoms with Crippen LogP contribution in [-0.4, -0.2) is 86.8 Å². The number of hydrogen-bond acceptors (Lipinski definition) is 8. The van der Waals surface area contributed by atoms with Crippen molar-refractivity contribution in [2.75, 3.05) is 44.5 Å². The zero-order valence-corrected chi connectivity index (χ0v) is 29.2. The number of aromatic nitrogens is 3. The van der Waals surface area contributed by atoms with Gasteiger partial charge in [-0.05, 0) is 60.0 Å². The quantitative estimate of drug-likeness (QED) is 0.218. The smallest absolute Gasteiger partial charge is 0.279 e. The molecule has 3 aromatic carbocycles. The summed E-state index contributed by atoms with van der Waals surface area (Å²) < 4.78 is 50.0. The molecule has 12 nitrogen and oxygen atoms in total. The first kappa shape index (κ1) is 34.4. The second kappa shape index (κ2) is 14.0. The average Bonchev–Trinajstić information content (AvgIpc) is 3.90. The second-order valence-corrected chi connectivity index (χ2v) is 13.4. The van der Waals surface area contributed by atoms with Crippen LogP contribution in [0.3, 0.4) is 0 Å². The van der Waals surface area contributed by atoms with E-state index in [9.17, 15) is 14.7 Å². The topological polar surface area (TPSA) is 115 Å². The Morgan fingerprint density at radius 1 is 0.943 bits per heavy atom. The van der Waals surface area contributed by atoms with Crippen LogP contribution in [-0.2, 0) is 31.8 Å². The Balaban J connectivity index is 1.24. The number of amides is 2. The lowest BCUT2D eigenvalue weighted by molar-refractivity contribution is 0.0193. The first-order chi connectivity index (χ1) is 25.7. The van der Waals surface area contributed by atoms with E-state index in [0.717, 1.165) is 18.7 Å². The lowest BCUT2D eigenvalue weighted by Gasteiger charge is -2.40. The minimum atomic E-state index is -3.05. The third-order valence-electron chi connectivity index (χ3n) is 10.2. The van der Waals surface area contributed by atoms with Crippen LogP contribution in [0.4, 0.5) is 20.2 Å². The summed E-state index contributed by atoms with van der Waals surface area (Å²) in [6.07, 6.45) is 0.650. The summed E-state index contributed by atoms with van der Waals surface area (Å²) in [6, 6.07) is 18.4. The van der Waals surface area contributed by atoms with E-state index in [0.29, 0.717) is 61.2 Å². The highest BCUT2D eigenvalue weighted by Gasteiger charge is 2.36. The number of phenols is 1. The number of aromatic hydroxyl groups is 1. The molecule has 1 N–H and O–H groups in total. The maximum atomic E-state index is 15.1. The summed E-state index contributed by atoms with van der Waals surface area (Å²) in [5, 5.41) is 14.1. The number of halogens is 2. The van der Waals surface area contributed by atoms with Crippen LogP contribution in [0, 0.1) is 0 Å². The van der Waals surface area contributed by atoms with Gasteiger partial charge in [0.1, 0.15) is 5.75 Å². The fraction of sp³-hybridized carbons (Fsp3) is 0.308. The van der Waals surface area contributed by atoms with E-state index in [1.165, 1.54) is 63.3 Å². The lowest BCUT2D eigenvalue weighted by Crippen LogP contribution is -2.52. The summed E-state index contributed by atoms with van der Waals surface area (Å²) >= 11 is 0. The predicted octanol–water partition coefficient (Wildman–Crippen LogP) is 5.68. The number of ether oxygens (including phenoxy) is 3. The monoisotopic (exact) mass is 724 g/mol. The van der Waals surface area contributed by atoms with E-state index in [-0.39, 0.29) is 41.3 Å². The fourth-order valence-electron chi connectivity index (χ4n) is 7.50. The summed E-state index contributed by atoms with van der Waals surface area (Å²) in [5.74, 6) is -0.326. The Kier molecular flexibility index (Phi) is 9.08. The Morgan fingerprint density at radius 2 is 1.66 bits per heavy atom. The summed E-state index contributed by atoms with van der Waals surface area (Å²) in [4.78, 5) is 34.9. The number of aryl methyl sites for hydroxylation is 1. The summed E-state index contributed by atoms with van der Waals surface area (Å²) in [5.41, 5.74) is 2.90. The van der Waals surface area contributed by atoms with Crippen LogP contribution < -0.4 is 14.4 Å². The summed E-state index contributed by atoms with van der Waals surface area (Å²) in [7, 11) is 3.14. The molecule has 0 spiro atoms. The van der Waals surface area contributed by atoms with E-state index in [4.69, 9.17) is 14.2 Å². The van der Waals surface area contributed by atoms with Crippen molar-refractivity contribution in [1.29, 1.82) is 0 Å². The van der Waals surface area contributed by atoms with E-state index < -0.39 is 18.0 Å². The van der Waals surface area contributed by atoms with Crippen molar-refractivity contribution in [2.45, 2.75) is 25.4 Å². The molecule has 0 saturated carbocycles. The van der Waals surface area contributed by atoms with Crippen LogP contribution in [0.15, 0.2) is 79.1 Å². The molecule has 0 unspecified atom stereocenters. The number of anilines is 2. The molecule has 0 bridgehead atoms. The van der Waals surface area contributed by atoms with Gasteiger partial charge >= 0.3 is 0 Å². The average molecular weight is 725 g/mol. The van der Waals surface area contributed by atoms with Crippen LogP contribution in [0.25, 0.3) is 11.3 Å². The number of fused-ring (bicyclic) bond motifs is 2. The van der Waals surface area contributed by atoms with Gasteiger partial charge in [-0.1, -0.05) is 24.3 Å². The molecule has 1 fully saturated rings. The van der Waals surface area contributed by atoms with Crippen LogP contribution >= 0.6 is 0 Å². The molecule has 53 heavy (non-hydrogen) atoms. The molecule has 2 aromatic heterocycles. The van der Waals surface area contributed by atoms with E-state index in [2.05, 4.69) is 16.1 Å². The maximum absolute atomic E-state index is 15.1. The molecule has 3 aliphatic rings. The fourth-order valence-corrected chi connectivity index (χ4v) is 7.50. The molecular formula is C39H38F2N6O6. The molecule has 8 rings (SSSR count). The third kappa shape index (κ3) is 6.48. The van der Waals surface area contributed by atoms with Crippen molar-refractivity contribution in [3.63, 3.8) is 0 Å². The van der Waals surface area contributed by atoms with Gasteiger partial charge in [-0.3, -0.25) is 24.1 Å². The van der Waals surface area contributed by atoms with E-state index >= 15 is 8.78 Å². The number of rotatable bonds is 8. The first-order valence-corrected chi connectivity index (χ1v) is 17.4. The molecule has 1 atom stereocenters. The number of hydrogen-bond donors (Lipinski definition) is 1. The van der Waals surface area contributed by atoms with Crippen LogP contribution in [0.5, 0.6) is 17.2 Å². The molecule has 14 heteroatoms. The molecule has 3 aliphatic heterocycles. The molecule has 274 valence electrons. The van der Waals surface area contributed by atoms with Gasteiger partial charge in [0.2, 0.25) is 6.79 Å². The number of phenolic OH excluding ortho intramolecular Hbond substituents is 1. The highest BCUT2D eigenvalue weighted by molar-refractivity contribution is 6.12. The predicted molar refractivity (Wildman–Crippen MR) is 191 cm³/mol. The van der Waals surface area contributed by atoms with Crippen molar-refractivity contribution < 1.29 is 37.7 Å². The number of carbonyl (C=O) groups excluding carboxylic acids is 2. The van der Waals surface area contributed by atoms with Gasteiger partial charge in [0.25, 0.3) is 18.2 Å². The lowest BCUT2D eigenvalue weighted by atomic mass is 9.92. The zero-order chi connectivity index (χ0) is 36.8. The minimum Gasteiger partial charge on any atom is -0.508 e. The van der Waals surface area contributed by atoms with Crippen molar-refractivity contribution in [3.8, 4) is 28.5 Å². The highest BCUT2D eigenvalue weighted by atomic mass is 19.3. The Morgan fingerprint density at radius 3 is 2.36 bits per heavy atom. The first-order valence-electron chi connectivity index (χ1n) is 17.4. The number of benzene rings is 3. The van der Waals surface area contributed by atoms with Crippen LogP contribution in [0.2, 0.25) is 0 Å². The van der Waals surface area contributed by atoms with Gasteiger partial charge in [0, 0.05) is 69.5 Å². The van der Waals surface area contributed by atoms with Gasteiger partial charge in [0.15, 0.2) is 11.5 Å². The molecule has 0 radical (unpaired) electrons. The minimum absolute atomic E-state index is 0.0213. The zero-order valence-electron chi connectivity index (χ0n) is 29.2. The third-order valence-corrected chi connectivity index (χ3v) is 10.2. The second-order valence-electron chi connectivity index (χ2n) is 13.4. The maximum Gasteiger partial charge on any atom is 0.279 e. The van der Waals surface area contributed by atoms with Gasteiger partial charge < -0.3 is 28.8 Å². The van der Waals surface area contributed by atoms with Gasteiger partial charge in [-0.15, -0.1) is 0 Å². The molecule has 5 aromatic rings. The Hall–Kier alpha value is -5.73. The normalized spacial score (nSPS) is 16.9. The molecule has 2 amide bonds. The van der Waals surface area contributed by atoms with E-state index in [1.54, 1.807) is 25.4 Å². The molecule has 1 saturated heterocycles. The van der Waals surface area contributed by atoms with Gasteiger partial charge in [-0.25, -0.2) is 8.78 Å². The Labute approximate surface area is 304 Å². The molecular weight excluding hydrogens is 686 g/mol. The van der Waals surface area contributed by atoms with Gasteiger partial charge in [0.05, 0.1) is 41.9 Å². The number of carbonyl (C=O) groups is 2. The number of nitrogens with zero attached hydrogens (tertiary/aromatic N) is 6.